The van der Waals surface area contributed by atoms with Crippen molar-refractivity contribution in [3.63, 3.8) is 0 Å². The number of nitrogens with one attached hydrogen (secondary N) is 2. The van der Waals surface area contributed by atoms with Gasteiger partial charge in [-0.15, -0.1) is 0 Å². The van der Waals surface area contributed by atoms with E-state index in [-0.39, 0.29) is 18.6 Å². The molecule has 2 N–H and O–H groups in total. The number of rotatable bonds is 6. The highest BCUT2D eigenvalue weighted by Crippen LogP contribution is 2.32. The molecule has 0 radical (unpaired) electrons. The van der Waals surface area contributed by atoms with Crippen molar-refractivity contribution in [2.75, 3.05) is 22.6 Å². The molecule has 0 saturated heterocycles. The van der Waals surface area contributed by atoms with Gasteiger partial charge in [0.25, 0.3) is 0 Å². The van der Waals surface area contributed by atoms with Crippen LogP contribution in [0.3, 0.4) is 0 Å². The lowest BCUT2D eigenvalue weighted by Gasteiger charge is -2.32. The summed E-state index contributed by atoms with van der Waals surface area (Å²) in [6.45, 7) is 4.01. The molecule has 1 atom stereocenters. The predicted molar refractivity (Wildman–Crippen MR) is 120 cm³/mol. The molecule has 0 unspecified atom stereocenters. The third kappa shape index (κ3) is 4.75. The molecule has 1 amide bonds. The van der Waals surface area contributed by atoms with Gasteiger partial charge in [0, 0.05) is 20.6 Å². The highest BCUT2D eigenvalue weighted by Gasteiger charge is 2.34. The van der Waals surface area contributed by atoms with Crippen molar-refractivity contribution in [2.45, 2.75) is 39.2 Å². The highest BCUT2D eigenvalue weighted by atomic mass is 19.4. The lowest BCUT2D eigenvalue weighted by molar-refractivity contribution is -0.141. The maximum Gasteiger partial charge on any atom is 0.435 e. The molecule has 1 aromatic carbocycles. The second-order valence-corrected chi connectivity index (χ2v) is 8.04. The minimum absolute atomic E-state index is 0.0398. The number of nitrogens with zero attached hydrogens (tertiary/aromatic N) is 5. The number of carbonyl (C=O) groups is 1. The predicted octanol–water partition coefficient (Wildman–Crippen LogP) is 3.51. The summed E-state index contributed by atoms with van der Waals surface area (Å²) in [5.74, 6) is 1.50. The Labute approximate surface area is 194 Å². The second kappa shape index (κ2) is 8.84. The van der Waals surface area contributed by atoms with E-state index in [0.717, 1.165) is 16.3 Å². The van der Waals surface area contributed by atoms with E-state index in [4.69, 9.17) is 4.74 Å². The van der Waals surface area contributed by atoms with Gasteiger partial charge in [-0.05, 0) is 37.6 Å². The second-order valence-electron chi connectivity index (χ2n) is 8.04. The summed E-state index contributed by atoms with van der Waals surface area (Å²) in [4.78, 5) is 22.8. The number of likely N-dealkylation sites (N-methyl/N-ethyl adjacent to an activating group) is 1. The van der Waals surface area contributed by atoms with Gasteiger partial charge >= 0.3 is 6.18 Å². The Bertz CT molecular complexity index is 1210. The summed E-state index contributed by atoms with van der Waals surface area (Å²) in [5, 5.41) is 9.50. The van der Waals surface area contributed by atoms with Crippen molar-refractivity contribution in [1.82, 2.24) is 19.7 Å². The summed E-state index contributed by atoms with van der Waals surface area (Å²) in [7, 11) is 3.26. The molecule has 0 fully saturated rings. The molecule has 4 rings (SSSR count). The molecule has 180 valence electrons. The summed E-state index contributed by atoms with van der Waals surface area (Å²) in [6.07, 6.45) is -4.49. The molecule has 12 heteroatoms. The summed E-state index contributed by atoms with van der Waals surface area (Å²) >= 11 is 0. The fourth-order valence-corrected chi connectivity index (χ4v) is 3.45. The Balaban J connectivity index is 1.37. The number of hydrogen-bond acceptors (Lipinski definition) is 7. The van der Waals surface area contributed by atoms with Crippen molar-refractivity contribution in [2.24, 2.45) is 7.05 Å². The molecule has 9 nitrogen and oxygen atoms in total. The van der Waals surface area contributed by atoms with E-state index in [1.165, 1.54) is 7.05 Å². The normalized spacial score (nSPS) is 15.7. The maximum absolute atomic E-state index is 12.8. The van der Waals surface area contributed by atoms with E-state index in [9.17, 15) is 18.0 Å². The minimum Gasteiger partial charge on any atom is -0.487 e. The number of amides is 1. The smallest absolute Gasteiger partial charge is 0.435 e. The number of ether oxygens (including phenoxy) is 1. The lowest BCUT2D eigenvalue weighted by atomic mass is 10.2. The zero-order valence-corrected chi connectivity index (χ0v) is 19.1. The molecule has 0 spiro atoms. The molecule has 2 aromatic heterocycles. The Kier molecular flexibility index (Phi) is 6.07. The molecule has 0 bridgehead atoms. The van der Waals surface area contributed by atoms with Gasteiger partial charge < -0.3 is 20.3 Å². The van der Waals surface area contributed by atoms with Gasteiger partial charge in [-0.1, -0.05) is 12.1 Å². The standard InChI is InChI=1S/C22H24F3N7O2/c1-12-18-19(31(3)13(2)20(33)28-18)29-21(27-12)26-10-14-5-7-16(8-6-14)34-11-15-9-17(22(23,24)25)30-32(15)4/h5-9,13H,10-11H2,1-4H3,(H,28,33)(H,26,27,29)/t13-/m0/s1. The van der Waals surface area contributed by atoms with Crippen molar-refractivity contribution in [3.8, 4) is 5.75 Å². The van der Waals surface area contributed by atoms with Crippen LogP contribution in [-0.4, -0.2) is 38.7 Å². The Morgan fingerprint density at radius 3 is 2.53 bits per heavy atom. The summed E-state index contributed by atoms with van der Waals surface area (Å²) in [6, 6.07) is 7.79. The molecule has 3 heterocycles. The number of halogens is 3. The first-order chi connectivity index (χ1) is 16.0. The van der Waals surface area contributed by atoms with Crippen LogP contribution < -0.4 is 20.3 Å². The van der Waals surface area contributed by atoms with Crippen LogP contribution in [0, 0.1) is 6.92 Å². The zero-order valence-electron chi connectivity index (χ0n) is 19.1. The highest BCUT2D eigenvalue weighted by molar-refractivity contribution is 6.03. The van der Waals surface area contributed by atoms with E-state index >= 15 is 0 Å². The van der Waals surface area contributed by atoms with E-state index in [1.807, 2.05) is 26.1 Å². The summed E-state index contributed by atoms with van der Waals surface area (Å²) in [5.41, 5.74) is 1.56. The van der Waals surface area contributed by atoms with Crippen LogP contribution in [0.25, 0.3) is 0 Å². The first-order valence-electron chi connectivity index (χ1n) is 10.5. The lowest BCUT2D eigenvalue weighted by Crippen LogP contribution is -2.44. The van der Waals surface area contributed by atoms with E-state index in [0.29, 0.717) is 41.1 Å². The van der Waals surface area contributed by atoms with Crippen LogP contribution >= 0.6 is 0 Å². The third-order valence-corrected chi connectivity index (χ3v) is 5.64. The van der Waals surface area contributed by atoms with Gasteiger partial charge in [0.05, 0.1) is 11.4 Å². The molecule has 3 aromatic rings. The molecule has 1 aliphatic heterocycles. The van der Waals surface area contributed by atoms with Gasteiger partial charge in [0.15, 0.2) is 11.5 Å². The van der Waals surface area contributed by atoms with Crippen molar-refractivity contribution < 1.29 is 22.7 Å². The molecule has 0 saturated carbocycles. The van der Waals surface area contributed by atoms with Gasteiger partial charge in [-0.25, -0.2) is 4.98 Å². The van der Waals surface area contributed by atoms with Crippen LogP contribution in [0.5, 0.6) is 5.75 Å². The number of benzene rings is 1. The van der Waals surface area contributed by atoms with Crippen LogP contribution in [0.15, 0.2) is 30.3 Å². The van der Waals surface area contributed by atoms with Crippen molar-refractivity contribution in [1.29, 1.82) is 0 Å². The Morgan fingerprint density at radius 2 is 1.88 bits per heavy atom. The average molecular weight is 475 g/mol. The third-order valence-electron chi connectivity index (χ3n) is 5.64. The minimum atomic E-state index is -4.49. The van der Waals surface area contributed by atoms with Gasteiger partial charge in [-0.2, -0.15) is 23.3 Å². The monoisotopic (exact) mass is 475 g/mol. The molecule has 1 aliphatic rings. The molecule has 0 aliphatic carbocycles. The Hall–Kier alpha value is -3.83. The topological polar surface area (TPSA) is 97.2 Å². The van der Waals surface area contributed by atoms with Crippen LogP contribution in [-0.2, 0) is 31.2 Å². The number of anilines is 3. The number of aromatic nitrogens is 4. The maximum atomic E-state index is 12.8. The first-order valence-corrected chi connectivity index (χ1v) is 10.5. The number of aryl methyl sites for hydroxylation is 2. The average Bonchev–Trinajstić information content (AvgIpc) is 3.17. The SMILES string of the molecule is Cc1nc(NCc2ccc(OCc3cc(C(F)(F)F)nn3C)cc2)nc2c1NC(=O)[C@H](C)N2C. The first kappa shape index (κ1) is 23.3. The van der Waals surface area contributed by atoms with Gasteiger partial charge in [-0.3, -0.25) is 9.48 Å². The zero-order chi connectivity index (χ0) is 24.6. The van der Waals surface area contributed by atoms with Crippen LogP contribution in [0.1, 0.15) is 29.6 Å². The Morgan fingerprint density at radius 1 is 1.18 bits per heavy atom. The van der Waals surface area contributed by atoms with Crippen molar-refractivity contribution in [3.05, 3.63) is 53.0 Å². The van der Waals surface area contributed by atoms with Crippen molar-refractivity contribution >= 4 is 23.4 Å². The van der Waals surface area contributed by atoms with Crippen LogP contribution in [0.2, 0.25) is 0 Å². The van der Waals surface area contributed by atoms with E-state index in [2.05, 4.69) is 25.7 Å². The molecular weight excluding hydrogens is 451 g/mol. The molecule has 34 heavy (non-hydrogen) atoms. The number of fused-ring (bicyclic) bond motifs is 1. The van der Waals surface area contributed by atoms with Gasteiger partial charge in [0.1, 0.15) is 24.1 Å². The quantitative estimate of drug-likeness (QED) is 0.563. The molecular formula is C22H24F3N7O2. The van der Waals surface area contributed by atoms with Gasteiger partial charge in [0.2, 0.25) is 11.9 Å². The van der Waals surface area contributed by atoms with E-state index in [1.54, 1.807) is 24.0 Å². The summed E-state index contributed by atoms with van der Waals surface area (Å²) < 4.78 is 45.1. The fourth-order valence-electron chi connectivity index (χ4n) is 3.45. The van der Waals surface area contributed by atoms with E-state index < -0.39 is 11.9 Å². The van der Waals surface area contributed by atoms with Crippen LogP contribution in [0.4, 0.5) is 30.6 Å². The fraction of sp³-hybridized carbons (Fsp3) is 0.364. The number of alkyl halides is 3. The largest absolute Gasteiger partial charge is 0.487 e. The number of carbonyl (C=O) groups excluding carboxylic acids is 1. The number of hydrogen-bond donors (Lipinski definition) is 2.